The molecule has 1 fully saturated rings. The van der Waals surface area contributed by atoms with Crippen LogP contribution >= 0.6 is 0 Å². The highest BCUT2D eigenvalue weighted by molar-refractivity contribution is 5.35. The number of hydrogen-bond acceptors (Lipinski definition) is 2. The number of hydroxylamine groups is 2. The highest BCUT2D eigenvalue weighted by Crippen LogP contribution is 2.29. The van der Waals surface area contributed by atoms with Gasteiger partial charge in [0.15, 0.2) is 0 Å². The van der Waals surface area contributed by atoms with Crippen LogP contribution in [0.5, 0.6) is 0 Å². The highest BCUT2D eigenvalue weighted by Gasteiger charge is 2.26. The second-order valence-electron chi connectivity index (χ2n) is 6.56. The minimum Gasteiger partial charge on any atom is -0.312 e. The van der Waals surface area contributed by atoms with E-state index in [4.69, 9.17) is 0 Å². The van der Waals surface area contributed by atoms with Crippen LogP contribution in [0.4, 0.5) is 0 Å². The normalized spacial score (nSPS) is 16.4. The molecule has 1 aliphatic carbocycles. The topological polar surface area (TPSA) is 23.5 Å². The summed E-state index contributed by atoms with van der Waals surface area (Å²) in [4.78, 5) is 0. The predicted octanol–water partition coefficient (Wildman–Crippen LogP) is 4.88. The first kappa shape index (κ1) is 16.8. The summed E-state index contributed by atoms with van der Waals surface area (Å²) in [5.74, 6) is 7.06. The first-order valence-electron chi connectivity index (χ1n) is 8.89. The van der Waals surface area contributed by atoms with E-state index in [-0.39, 0.29) is 6.04 Å². The molecule has 24 heavy (non-hydrogen) atoms. The second-order valence-corrected chi connectivity index (χ2v) is 6.56. The quantitative estimate of drug-likeness (QED) is 0.641. The van der Waals surface area contributed by atoms with Gasteiger partial charge in [0.25, 0.3) is 0 Å². The van der Waals surface area contributed by atoms with Gasteiger partial charge in [-0.1, -0.05) is 79.6 Å². The lowest BCUT2D eigenvalue weighted by Crippen LogP contribution is -2.38. The minimum absolute atomic E-state index is 0.106. The van der Waals surface area contributed by atoms with Gasteiger partial charge < -0.3 is 5.21 Å². The van der Waals surface area contributed by atoms with Crippen molar-refractivity contribution >= 4 is 0 Å². The van der Waals surface area contributed by atoms with E-state index in [1.54, 1.807) is 0 Å². The summed E-state index contributed by atoms with van der Waals surface area (Å²) in [6.07, 6.45) is 6.10. The number of benzene rings is 2. The van der Waals surface area contributed by atoms with Gasteiger partial charge >= 0.3 is 0 Å². The van der Waals surface area contributed by atoms with Crippen LogP contribution in [0.3, 0.4) is 0 Å². The van der Waals surface area contributed by atoms with Gasteiger partial charge in [0.05, 0.1) is 12.6 Å². The summed E-state index contributed by atoms with van der Waals surface area (Å²) in [5.41, 5.74) is 2.12. The van der Waals surface area contributed by atoms with Gasteiger partial charge in [-0.2, -0.15) is 5.06 Å². The van der Waals surface area contributed by atoms with Crippen LogP contribution in [0.15, 0.2) is 60.7 Å². The summed E-state index contributed by atoms with van der Waals surface area (Å²) >= 11 is 0. The van der Waals surface area contributed by atoms with Crippen molar-refractivity contribution in [1.29, 1.82) is 0 Å². The van der Waals surface area contributed by atoms with Crippen molar-refractivity contribution < 1.29 is 5.21 Å². The fraction of sp³-hybridized carbons (Fsp3) is 0.364. The largest absolute Gasteiger partial charge is 0.312 e. The van der Waals surface area contributed by atoms with Crippen LogP contribution in [0.25, 0.3) is 0 Å². The van der Waals surface area contributed by atoms with E-state index in [0.717, 1.165) is 24.0 Å². The fourth-order valence-corrected chi connectivity index (χ4v) is 3.43. The van der Waals surface area contributed by atoms with Crippen LogP contribution in [0, 0.1) is 17.8 Å². The van der Waals surface area contributed by atoms with Crippen molar-refractivity contribution in [3.63, 3.8) is 0 Å². The molecule has 1 atom stereocenters. The summed E-state index contributed by atoms with van der Waals surface area (Å²) < 4.78 is 0. The first-order valence-corrected chi connectivity index (χ1v) is 8.89. The lowest BCUT2D eigenvalue weighted by molar-refractivity contribution is -0.135. The first-order chi connectivity index (χ1) is 11.8. The average molecular weight is 319 g/mol. The average Bonchev–Trinajstić information content (AvgIpc) is 2.64. The molecule has 1 unspecified atom stereocenters. The Labute approximate surface area is 145 Å². The van der Waals surface area contributed by atoms with Gasteiger partial charge in [0.2, 0.25) is 0 Å². The van der Waals surface area contributed by atoms with Gasteiger partial charge in [-0.15, -0.1) is 0 Å². The van der Waals surface area contributed by atoms with E-state index in [9.17, 15) is 5.21 Å². The Kier molecular flexibility index (Phi) is 6.07. The molecule has 0 amide bonds. The Morgan fingerprint density at radius 2 is 1.54 bits per heavy atom. The molecule has 0 heterocycles. The zero-order valence-electron chi connectivity index (χ0n) is 14.1. The standard InChI is InChI=1S/C22H25NO/c24-23(18-20-12-6-2-7-13-20)22(21-14-8-3-9-15-21)17-16-19-10-4-1-5-11-19/h1-2,4-7,10-13,21-22,24H,3,8-9,14-15,18H2. The molecule has 0 aliphatic heterocycles. The van der Waals surface area contributed by atoms with Crippen molar-refractivity contribution in [1.82, 2.24) is 5.06 Å². The van der Waals surface area contributed by atoms with E-state index in [1.807, 2.05) is 60.7 Å². The zero-order valence-corrected chi connectivity index (χ0v) is 14.1. The van der Waals surface area contributed by atoms with Crippen LogP contribution in [-0.2, 0) is 6.54 Å². The molecule has 0 saturated heterocycles. The molecule has 1 N–H and O–H groups in total. The zero-order chi connectivity index (χ0) is 16.6. The minimum atomic E-state index is -0.106. The van der Waals surface area contributed by atoms with Gasteiger partial charge in [-0.05, 0) is 36.5 Å². The Balaban J connectivity index is 1.77. The van der Waals surface area contributed by atoms with Gasteiger partial charge in [0, 0.05) is 5.56 Å². The third kappa shape index (κ3) is 4.71. The maximum atomic E-state index is 10.7. The third-order valence-electron chi connectivity index (χ3n) is 4.74. The summed E-state index contributed by atoms with van der Waals surface area (Å²) in [6.45, 7) is 0.519. The van der Waals surface area contributed by atoms with Crippen molar-refractivity contribution in [2.24, 2.45) is 5.92 Å². The molecule has 0 spiro atoms. The summed E-state index contributed by atoms with van der Waals surface area (Å²) in [6, 6.07) is 20.0. The van der Waals surface area contributed by atoms with Crippen LogP contribution in [0.1, 0.15) is 43.2 Å². The monoisotopic (exact) mass is 319 g/mol. The summed E-state index contributed by atoms with van der Waals surface area (Å²) in [7, 11) is 0. The molecule has 0 bridgehead atoms. The Morgan fingerprint density at radius 1 is 0.917 bits per heavy atom. The Bertz CT molecular complexity index is 665. The summed E-state index contributed by atoms with van der Waals surface area (Å²) in [5, 5.41) is 12.2. The molecule has 2 nitrogen and oxygen atoms in total. The van der Waals surface area contributed by atoms with E-state index in [1.165, 1.54) is 24.3 Å². The number of nitrogens with zero attached hydrogens (tertiary/aromatic N) is 1. The molecular formula is C22H25NO. The number of hydrogen-bond donors (Lipinski definition) is 1. The van der Waals surface area contributed by atoms with Gasteiger partial charge in [-0.3, -0.25) is 0 Å². The smallest absolute Gasteiger partial charge is 0.0991 e. The second kappa shape index (κ2) is 8.68. The van der Waals surface area contributed by atoms with Crippen LogP contribution < -0.4 is 0 Å². The molecular weight excluding hydrogens is 294 g/mol. The van der Waals surface area contributed by atoms with E-state index in [0.29, 0.717) is 12.5 Å². The lowest BCUT2D eigenvalue weighted by Gasteiger charge is -2.32. The van der Waals surface area contributed by atoms with Crippen molar-refractivity contribution in [2.75, 3.05) is 0 Å². The molecule has 124 valence electrons. The SMILES string of the molecule is ON(Cc1ccccc1)C(C#Cc1ccccc1)C1CCCCC1. The molecule has 3 rings (SSSR count). The number of rotatable bonds is 4. The van der Waals surface area contributed by atoms with E-state index in [2.05, 4.69) is 11.8 Å². The van der Waals surface area contributed by atoms with E-state index >= 15 is 0 Å². The molecule has 2 aromatic carbocycles. The highest BCUT2D eigenvalue weighted by atomic mass is 16.5. The van der Waals surface area contributed by atoms with Crippen molar-refractivity contribution in [2.45, 2.75) is 44.7 Å². The molecule has 0 aromatic heterocycles. The van der Waals surface area contributed by atoms with E-state index < -0.39 is 0 Å². The molecule has 2 heteroatoms. The van der Waals surface area contributed by atoms with Crippen molar-refractivity contribution in [3.05, 3.63) is 71.8 Å². The van der Waals surface area contributed by atoms with Crippen LogP contribution in [0.2, 0.25) is 0 Å². The Morgan fingerprint density at radius 3 is 2.21 bits per heavy atom. The molecule has 1 saturated carbocycles. The molecule has 0 radical (unpaired) electrons. The van der Waals surface area contributed by atoms with Gasteiger partial charge in [0.1, 0.15) is 0 Å². The maximum Gasteiger partial charge on any atom is 0.0991 e. The Hall–Kier alpha value is -2.08. The van der Waals surface area contributed by atoms with Crippen LogP contribution in [-0.4, -0.2) is 16.3 Å². The lowest BCUT2D eigenvalue weighted by atomic mass is 9.83. The third-order valence-corrected chi connectivity index (χ3v) is 4.74. The van der Waals surface area contributed by atoms with Gasteiger partial charge in [-0.25, -0.2) is 0 Å². The molecule has 2 aromatic rings. The predicted molar refractivity (Wildman–Crippen MR) is 97.5 cm³/mol. The molecule has 1 aliphatic rings. The fourth-order valence-electron chi connectivity index (χ4n) is 3.43. The van der Waals surface area contributed by atoms with Crippen molar-refractivity contribution in [3.8, 4) is 11.8 Å². The maximum absolute atomic E-state index is 10.7.